The van der Waals surface area contributed by atoms with Gasteiger partial charge in [-0.3, -0.25) is 4.79 Å². The number of thiocarbonyl (C=S) groups is 1. The van der Waals surface area contributed by atoms with E-state index in [1.807, 2.05) is 0 Å². The molecule has 19 heavy (non-hydrogen) atoms. The minimum atomic E-state index is -0.314. The molecule has 0 bridgehead atoms. The Labute approximate surface area is 121 Å². The molecule has 0 aliphatic heterocycles. The Morgan fingerprint density at radius 1 is 1.32 bits per heavy atom. The normalized spacial score (nSPS) is 24.7. The maximum Gasteiger partial charge on any atom is 0.242 e. The van der Waals surface area contributed by atoms with E-state index in [2.05, 4.69) is 34.9 Å². The average Bonchev–Trinajstić information content (AvgIpc) is 2.37. The van der Waals surface area contributed by atoms with E-state index in [4.69, 9.17) is 12.2 Å². The third kappa shape index (κ3) is 4.95. The molecule has 110 valence electrons. The van der Waals surface area contributed by atoms with Crippen LogP contribution in [0.2, 0.25) is 0 Å². The van der Waals surface area contributed by atoms with Gasteiger partial charge in [0.2, 0.25) is 5.91 Å². The standard InChI is InChI=1S/C13H26N4OS/c1-9(12(18)14-2)15-13(19)16-10-7-5-6-8-11(10)17(3)4/h9-11H,5-8H2,1-4H3,(H,14,18)(H2,15,16,19)/t9-,10+,11+/m0/s1. The number of amides is 1. The molecule has 1 amide bonds. The summed E-state index contributed by atoms with van der Waals surface area (Å²) in [6.45, 7) is 1.80. The highest BCUT2D eigenvalue weighted by Gasteiger charge is 2.27. The van der Waals surface area contributed by atoms with Crippen molar-refractivity contribution in [3.05, 3.63) is 0 Å². The molecule has 0 radical (unpaired) electrons. The van der Waals surface area contributed by atoms with Crippen molar-refractivity contribution in [1.29, 1.82) is 0 Å². The van der Waals surface area contributed by atoms with Crippen LogP contribution < -0.4 is 16.0 Å². The topological polar surface area (TPSA) is 56.4 Å². The predicted molar refractivity (Wildman–Crippen MR) is 82.1 cm³/mol. The Kier molecular flexibility index (Phi) is 6.51. The van der Waals surface area contributed by atoms with Crippen LogP contribution in [0, 0.1) is 0 Å². The van der Waals surface area contributed by atoms with Gasteiger partial charge in [0.25, 0.3) is 0 Å². The molecule has 3 atom stereocenters. The van der Waals surface area contributed by atoms with E-state index < -0.39 is 0 Å². The smallest absolute Gasteiger partial charge is 0.242 e. The van der Waals surface area contributed by atoms with Gasteiger partial charge in [-0.25, -0.2) is 0 Å². The Morgan fingerprint density at radius 2 is 1.95 bits per heavy atom. The lowest BCUT2D eigenvalue weighted by molar-refractivity contribution is -0.121. The fourth-order valence-electron chi connectivity index (χ4n) is 2.59. The highest BCUT2D eigenvalue weighted by atomic mass is 32.1. The van der Waals surface area contributed by atoms with Crippen LogP contribution in [0.25, 0.3) is 0 Å². The van der Waals surface area contributed by atoms with Crippen LogP contribution in [-0.4, -0.2) is 55.2 Å². The van der Waals surface area contributed by atoms with E-state index >= 15 is 0 Å². The summed E-state index contributed by atoms with van der Waals surface area (Å²) >= 11 is 5.30. The molecule has 0 aromatic heterocycles. The van der Waals surface area contributed by atoms with Gasteiger partial charge in [-0.15, -0.1) is 0 Å². The molecule has 5 nitrogen and oxygen atoms in total. The van der Waals surface area contributed by atoms with E-state index in [1.54, 1.807) is 14.0 Å². The van der Waals surface area contributed by atoms with Gasteiger partial charge in [0.05, 0.1) is 0 Å². The minimum absolute atomic E-state index is 0.0584. The second-order valence-corrected chi connectivity index (χ2v) is 5.78. The summed E-state index contributed by atoms with van der Waals surface area (Å²) in [5.74, 6) is -0.0584. The van der Waals surface area contributed by atoms with Gasteiger partial charge in [-0.1, -0.05) is 12.8 Å². The van der Waals surface area contributed by atoms with Crippen molar-refractivity contribution in [2.45, 2.75) is 50.7 Å². The maximum atomic E-state index is 11.4. The highest BCUT2D eigenvalue weighted by Crippen LogP contribution is 2.21. The van der Waals surface area contributed by atoms with Crippen molar-refractivity contribution in [2.75, 3.05) is 21.1 Å². The highest BCUT2D eigenvalue weighted by molar-refractivity contribution is 7.80. The van der Waals surface area contributed by atoms with Gasteiger partial charge in [0.1, 0.15) is 6.04 Å². The van der Waals surface area contributed by atoms with E-state index in [0.717, 1.165) is 6.42 Å². The number of hydrogen-bond donors (Lipinski definition) is 3. The summed E-state index contributed by atoms with van der Waals surface area (Å²) in [6, 6.07) is 0.552. The first-order chi connectivity index (χ1) is 8.95. The van der Waals surface area contributed by atoms with Crippen LogP contribution in [0.3, 0.4) is 0 Å². The zero-order valence-corrected chi connectivity index (χ0v) is 13.1. The fourth-order valence-corrected chi connectivity index (χ4v) is 2.91. The molecule has 1 aliphatic carbocycles. The molecular formula is C13H26N4OS. The van der Waals surface area contributed by atoms with Gasteiger partial charge in [-0.2, -0.15) is 0 Å². The van der Waals surface area contributed by atoms with E-state index in [-0.39, 0.29) is 11.9 Å². The summed E-state index contributed by atoms with van der Waals surface area (Å²) in [5, 5.41) is 9.55. The Hall–Kier alpha value is -0.880. The number of rotatable bonds is 4. The van der Waals surface area contributed by atoms with E-state index in [0.29, 0.717) is 17.2 Å². The number of carbonyl (C=O) groups is 1. The molecule has 1 saturated carbocycles. The monoisotopic (exact) mass is 286 g/mol. The van der Waals surface area contributed by atoms with Gasteiger partial charge < -0.3 is 20.9 Å². The molecule has 1 aliphatic rings. The number of nitrogens with one attached hydrogen (secondary N) is 3. The zero-order chi connectivity index (χ0) is 14.4. The number of nitrogens with zero attached hydrogens (tertiary/aromatic N) is 1. The number of likely N-dealkylation sites (N-methyl/N-ethyl adjacent to an activating group) is 2. The van der Waals surface area contributed by atoms with Crippen molar-refractivity contribution >= 4 is 23.2 Å². The summed E-state index contributed by atoms with van der Waals surface area (Å²) < 4.78 is 0. The molecule has 1 rings (SSSR count). The predicted octanol–water partition coefficient (Wildman–Crippen LogP) is 0.458. The van der Waals surface area contributed by atoms with Gasteiger partial charge >= 0.3 is 0 Å². The lowest BCUT2D eigenvalue weighted by Crippen LogP contribution is -2.55. The van der Waals surface area contributed by atoms with Crippen molar-refractivity contribution in [3.8, 4) is 0 Å². The Morgan fingerprint density at radius 3 is 2.53 bits per heavy atom. The first-order valence-corrected chi connectivity index (χ1v) is 7.31. The molecule has 3 N–H and O–H groups in total. The van der Waals surface area contributed by atoms with Crippen LogP contribution in [0.1, 0.15) is 32.6 Å². The Balaban J connectivity index is 2.48. The summed E-state index contributed by atoms with van der Waals surface area (Å²) in [6.07, 6.45) is 4.82. The maximum absolute atomic E-state index is 11.4. The molecule has 0 unspecified atom stereocenters. The number of carbonyl (C=O) groups excluding carboxylic acids is 1. The summed E-state index contributed by atoms with van der Waals surface area (Å²) in [4.78, 5) is 13.7. The average molecular weight is 286 g/mol. The third-order valence-electron chi connectivity index (χ3n) is 3.70. The second kappa shape index (κ2) is 7.65. The van der Waals surface area contributed by atoms with Crippen molar-refractivity contribution in [1.82, 2.24) is 20.9 Å². The third-order valence-corrected chi connectivity index (χ3v) is 3.93. The van der Waals surface area contributed by atoms with E-state index in [9.17, 15) is 4.79 Å². The summed E-state index contributed by atoms with van der Waals surface area (Å²) in [5.41, 5.74) is 0. The first-order valence-electron chi connectivity index (χ1n) is 6.90. The zero-order valence-electron chi connectivity index (χ0n) is 12.3. The first kappa shape index (κ1) is 16.2. The summed E-state index contributed by atoms with van der Waals surface area (Å²) in [7, 11) is 5.84. The van der Waals surface area contributed by atoms with E-state index in [1.165, 1.54) is 19.3 Å². The van der Waals surface area contributed by atoms with Crippen molar-refractivity contribution in [2.24, 2.45) is 0 Å². The molecule has 0 aromatic rings. The van der Waals surface area contributed by atoms with Crippen LogP contribution in [-0.2, 0) is 4.79 Å². The molecule has 6 heteroatoms. The molecule has 0 heterocycles. The van der Waals surface area contributed by atoms with Crippen LogP contribution in [0.5, 0.6) is 0 Å². The van der Waals surface area contributed by atoms with Gasteiger partial charge in [0.15, 0.2) is 5.11 Å². The molecule has 0 aromatic carbocycles. The van der Waals surface area contributed by atoms with Crippen molar-refractivity contribution < 1.29 is 4.79 Å². The number of hydrogen-bond acceptors (Lipinski definition) is 3. The quantitative estimate of drug-likeness (QED) is 0.656. The van der Waals surface area contributed by atoms with Crippen LogP contribution >= 0.6 is 12.2 Å². The lowest BCUT2D eigenvalue weighted by Gasteiger charge is -2.37. The van der Waals surface area contributed by atoms with Crippen LogP contribution in [0.4, 0.5) is 0 Å². The molecule has 0 saturated heterocycles. The second-order valence-electron chi connectivity index (χ2n) is 5.38. The SMILES string of the molecule is CNC(=O)[C@H](C)NC(=S)N[C@@H]1CCCC[C@H]1N(C)C. The molecular weight excluding hydrogens is 260 g/mol. The molecule has 0 spiro atoms. The van der Waals surface area contributed by atoms with Gasteiger partial charge in [0, 0.05) is 19.1 Å². The van der Waals surface area contributed by atoms with Crippen molar-refractivity contribution in [3.63, 3.8) is 0 Å². The molecule has 1 fully saturated rings. The van der Waals surface area contributed by atoms with Gasteiger partial charge in [-0.05, 0) is 46.1 Å². The lowest BCUT2D eigenvalue weighted by atomic mass is 9.90. The fraction of sp³-hybridized carbons (Fsp3) is 0.846. The largest absolute Gasteiger partial charge is 0.358 e. The Bertz CT molecular complexity index is 322. The van der Waals surface area contributed by atoms with Crippen LogP contribution in [0.15, 0.2) is 0 Å². The minimum Gasteiger partial charge on any atom is -0.358 e.